The highest BCUT2D eigenvalue weighted by Crippen LogP contribution is 2.18. The van der Waals surface area contributed by atoms with Crippen molar-refractivity contribution in [2.24, 2.45) is 5.92 Å². The van der Waals surface area contributed by atoms with Crippen molar-refractivity contribution in [1.29, 1.82) is 0 Å². The van der Waals surface area contributed by atoms with Crippen LogP contribution in [0.15, 0.2) is 12.2 Å². The van der Waals surface area contributed by atoms with Crippen molar-refractivity contribution in [3.8, 4) is 0 Å². The van der Waals surface area contributed by atoms with Crippen LogP contribution in [0.25, 0.3) is 0 Å². The van der Waals surface area contributed by atoms with Crippen molar-refractivity contribution in [3.63, 3.8) is 0 Å². The topological polar surface area (TPSA) is 41.1 Å². The molecule has 3 nitrogen and oxygen atoms in total. The van der Waals surface area contributed by atoms with E-state index in [1.807, 2.05) is 0 Å². The van der Waals surface area contributed by atoms with Gasteiger partial charge in [-0.2, -0.15) is 0 Å². The molecule has 1 unspecified atom stereocenters. The van der Waals surface area contributed by atoms with E-state index in [0.717, 1.165) is 19.5 Å². The molecular formula is C13H22N2O. The lowest BCUT2D eigenvalue weighted by Gasteiger charge is -2.18. The van der Waals surface area contributed by atoms with Gasteiger partial charge in [0.15, 0.2) is 0 Å². The van der Waals surface area contributed by atoms with E-state index < -0.39 is 0 Å². The molecule has 3 heteroatoms. The van der Waals surface area contributed by atoms with Gasteiger partial charge >= 0.3 is 0 Å². The minimum absolute atomic E-state index is 0.197. The van der Waals surface area contributed by atoms with Crippen molar-refractivity contribution in [1.82, 2.24) is 10.6 Å². The van der Waals surface area contributed by atoms with Gasteiger partial charge in [0.1, 0.15) is 0 Å². The molecule has 2 rings (SSSR count). The number of rotatable bonds is 6. The highest BCUT2D eigenvalue weighted by Gasteiger charge is 2.20. The van der Waals surface area contributed by atoms with Gasteiger partial charge in [-0.05, 0) is 38.0 Å². The van der Waals surface area contributed by atoms with E-state index in [1.165, 1.54) is 25.7 Å². The fraction of sp³-hybridized carbons (Fsp3) is 0.769. The van der Waals surface area contributed by atoms with Crippen molar-refractivity contribution >= 4 is 5.91 Å². The summed E-state index contributed by atoms with van der Waals surface area (Å²) in [7, 11) is 0. The zero-order chi connectivity index (χ0) is 11.2. The first-order valence-corrected chi connectivity index (χ1v) is 6.49. The summed E-state index contributed by atoms with van der Waals surface area (Å²) in [4.78, 5) is 11.5. The van der Waals surface area contributed by atoms with Gasteiger partial charge in [0.2, 0.25) is 5.91 Å². The first-order valence-electron chi connectivity index (χ1n) is 6.49. The number of nitrogens with one attached hydrogen (secondary N) is 2. The molecule has 0 saturated heterocycles. The Kier molecular flexibility index (Phi) is 4.40. The number of allylic oxidation sites excluding steroid dienone is 2. The predicted molar refractivity (Wildman–Crippen MR) is 65.1 cm³/mol. The van der Waals surface area contributed by atoms with E-state index in [0.29, 0.717) is 18.4 Å². The maximum Gasteiger partial charge on any atom is 0.221 e. The van der Waals surface area contributed by atoms with Crippen LogP contribution in [0.1, 0.15) is 38.5 Å². The van der Waals surface area contributed by atoms with E-state index in [4.69, 9.17) is 0 Å². The van der Waals surface area contributed by atoms with Gasteiger partial charge in [-0.3, -0.25) is 4.79 Å². The van der Waals surface area contributed by atoms with Crippen LogP contribution in [0.4, 0.5) is 0 Å². The Balaban J connectivity index is 1.50. The summed E-state index contributed by atoms with van der Waals surface area (Å²) in [6, 6.07) is 0.705. The quantitative estimate of drug-likeness (QED) is 0.670. The van der Waals surface area contributed by atoms with Crippen LogP contribution in [0.5, 0.6) is 0 Å². The fourth-order valence-corrected chi connectivity index (χ4v) is 2.07. The van der Waals surface area contributed by atoms with Crippen molar-refractivity contribution in [2.45, 2.75) is 44.6 Å². The maximum atomic E-state index is 11.5. The molecule has 0 radical (unpaired) electrons. The van der Waals surface area contributed by atoms with Gasteiger partial charge in [0.05, 0.1) is 0 Å². The lowest BCUT2D eigenvalue weighted by molar-refractivity contribution is -0.121. The number of amides is 1. The molecule has 0 aromatic rings. The van der Waals surface area contributed by atoms with Crippen molar-refractivity contribution < 1.29 is 4.79 Å². The average Bonchev–Trinajstić information content (AvgIpc) is 3.12. The largest absolute Gasteiger partial charge is 0.356 e. The van der Waals surface area contributed by atoms with Crippen LogP contribution in [-0.4, -0.2) is 25.0 Å². The normalized spacial score (nSPS) is 24.4. The molecular weight excluding hydrogens is 200 g/mol. The van der Waals surface area contributed by atoms with Crippen LogP contribution in [0.3, 0.4) is 0 Å². The summed E-state index contributed by atoms with van der Waals surface area (Å²) in [6.07, 6.45) is 11.2. The van der Waals surface area contributed by atoms with Crippen molar-refractivity contribution in [3.05, 3.63) is 12.2 Å². The third kappa shape index (κ3) is 4.35. The molecule has 2 N–H and O–H groups in total. The monoisotopic (exact) mass is 222 g/mol. The SMILES string of the molecule is O=C(CCNC1CC1)NCC1CC=CCC1. The Morgan fingerprint density at radius 1 is 1.25 bits per heavy atom. The molecule has 1 atom stereocenters. The molecule has 0 aliphatic heterocycles. The number of carbonyl (C=O) groups is 1. The predicted octanol–water partition coefficient (Wildman–Crippen LogP) is 1.60. The molecule has 1 saturated carbocycles. The Hall–Kier alpha value is -0.830. The zero-order valence-electron chi connectivity index (χ0n) is 9.87. The van der Waals surface area contributed by atoms with Gasteiger partial charge in [-0.1, -0.05) is 12.2 Å². The molecule has 0 heterocycles. The molecule has 1 fully saturated rings. The summed E-state index contributed by atoms with van der Waals surface area (Å²) in [5.74, 6) is 0.855. The standard InChI is InChI=1S/C13H22N2O/c16-13(8-9-14-12-6-7-12)15-10-11-4-2-1-3-5-11/h1-2,11-12,14H,3-10H2,(H,15,16). The Morgan fingerprint density at radius 3 is 2.81 bits per heavy atom. The first-order chi connectivity index (χ1) is 7.84. The molecule has 0 aromatic heterocycles. The molecule has 90 valence electrons. The van der Waals surface area contributed by atoms with Gasteiger partial charge in [-0.15, -0.1) is 0 Å². The second kappa shape index (κ2) is 6.04. The highest BCUT2D eigenvalue weighted by atomic mass is 16.1. The maximum absolute atomic E-state index is 11.5. The molecule has 2 aliphatic carbocycles. The zero-order valence-corrected chi connectivity index (χ0v) is 9.87. The highest BCUT2D eigenvalue weighted by molar-refractivity contribution is 5.76. The molecule has 0 aromatic carbocycles. The average molecular weight is 222 g/mol. The molecule has 16 heavy (non-hydrogen) atoms. The Labute approximate surface area is 97.7 Å². The van der Waals surface area contributed by atoms with Crippen LogP contribution < -0.4 is 10.6 Å². The van der Waals surface area contributed by atoms with Crippen LogP contribution in [0, 0.1) is 5.92 Å². The number of hydrogen-bond donors (Lipinski definition) is 2. The van der Waals surface area contributed by atoms with E-state index in [2.05, 4.69) is 22.8 Å². The summed E-state index contributed by atoms with van der Waals surface area (Å²) in [5, 5.41) is 6.39. The van der Waals surface area contributed by atoms with E-state index in [1.54, 1.807) is 0 Å². The van der Waals surface area contributed by atoms with Gasteiger partial charge in [-0.25, -0.2) is 0 Å². The summed E-state index contributed by atoms with van der Waals surface area (Å²) < 4.78 is 0. The van der Waals surface area contributed by atoms with Crippen LogP contribution in [-0.2, 0) is 4.79 Å². The van der Waals surface area contributed by atoms with E-state index in [-0.39, 0.29) is 5.91 Å². The van der Waals surface area contributed by atoms with Crippen molar-refractivity contribution in [2.75, 3.05) is 13.1 Å². The Morgan fingerprint density at radius 2 is 2.12 bits per heavy atom. The minimum atomic E-state index is 0.197. The van der Waals surface area contributed by atoms with E-state index in [9.17, 15) is 4.79 Å². The molecule has 1 amide bonds. The second-order valence-corrected chi connectivity index (χ2v) is 4.93. The summed E-state index contributed by atoms with van der Waals surface area (Å²) in [5.41, 5.74) is 0. The van der Waals surface area contributed by atoms with Gasteiger partial charge in [0.25, 0.3) is 0 Å². The second-order valence-electron chi connectivity index (χ2n) is 4.93. The summed E-state index contributed by atoms with van der Waals surface area (Å²) >= 11 is 0. The fourth-order valence-electron chi connectivity index (χ4n) is 2.07. The van der Waals surface area contributed by atoms with Crippen LogP contribution in [0.2, 0.25) is 0 Å². The van der Waals surface area contributed by atoms with E-state index >= 15 is 0 Å². The Bertz CT molecular complexity index is 259. The van der Waals surface area contributed by atoms with Crippen LogP contribution >= 0.6 is 0 Å². The molecule has 2 aliphatic rings. The first kappa shape index (κ1) is 11.6. The lowest BCUT2D eigenvalue weighted by Crippen LogP contribution is -2.32. The third-order valence-corrected chi connectivity index (χ3v) is 3.33. The molecule has 0 spiro atoms. The minimum Gasteiger partial charge on any atom is -0.356 e. The lowest BCUT2D eigenvalue weighted by atomic mass is 9.94. The van der Waals surface area contributed by atoms with Gasteiger partial charge < -0.3 is 10.6 Å². The van der Waals surface area contributed by atoms with Gasteiger partial charge in [0, 0.05) is 25.6 Å². The summed E-state index contributed by atoms with van der Waals surface area (Å²) in [6.45, 7) is 1.69. The smallest absolute Gasteiger partial charge is 0.221 e. The third-order valence-electron chi connectivity index (χ3n) is 3.33. The number of carbonyl (C=O) groups excluding carboxylic acids is 1. The number of hydrogen-bond acceptors (Lipinski definition) is 2. The molecule has 0 bridgehead atoms.